The van der Waals surface area contributed by atoms with E-state index < -0.39 is 26.6 Å². The summed E-state index contributed by atoms with van der Waals surface area (Å²) in [6.45, 7) is 3.29. The Hall–Kier alpha value is -0.990. The third kappa shape index (κ3) is 4.26. The Morgan fingerprint density at radius 1 is 1.45 bits per heavy atom. The Labute approximate surface area is 121 Å². The quantitative estimate of drug-likeness (QED) is 0.769. The van der Waals surface area contributed by atoms with Gasteiger partial charge in [-0.15, -0.1) is 0 Å². The molecule has 0 aromatic heterocycles. The van der Waals surface area contributed by atoms with Crippen molar-refractivity contribution in [3.63, 3.8) is 0 Å². The van der Waals surface area contributed by atoms with Crippen molar-refractivity contribution >= 4 is 26.5 Å². The summed E-state index contributed by atoms with van der Waals surface area (Å²) < 4.78 is 51.3. The highest BCUT2D eigenvalue weighted by Crippen LogP contribution is 2.21. The summed E-state index contributed by atoms with van der Waals surface area (Å²) in [7, 11) is -4.84. The average molecular weight is 322 g/mol. The van der Waals surface area contributed by atoms with Crippen LogP contribution in [0.2, 0.25) is 0 Å². The van der Waals surface area contributed by atoms with Gasteiger partial charge in [0, 0.05) is 40.1 Å². The molecule has 20 heavy (non-hydrogen) atoms. The van der Waals surface area contributed by atoms with Crippen molar-refractivity contribution in [1.29, 1.82) is 0 Å². The van der Waals surface area contributed by atoms with E-state index in [4.69, 9.17) is 5.73 Å². The monoisotopic (exact) mass is 322 g/mol. The SMILES string of the molecule is Cc1c(F)cc(N)cc1S(=O)(=O)NCCC(C)S(C)=O. The van der Waals surface area contributed by atoms with Gasteiger partial charge in [-0.25, -0.2) is 17.5 Å². The molecule has 0 amide bonds. The van der Waals surface area contributed by atoms with Crippen LogP contribution in [-0.2, 0) is 20.8 Å². The number of hydrogen-bond acceptors (Lipinski definition) is 4. The summed E-state index contributed by atoms with van der Waals surface area (Å²) >= 11 is 0. The van der Waals surface area contributed by atoms with Gasteiger partial charge in [-0.05, 0) is 25.5 Å². The van der Waals surface area contributed by atoms with Crippen LogP contribution in [0.15, 0.2) is 17.0 Å². The molecular weight excluding hydrogens is 303 g/mol. The fraction of sp³-hybridized carbons (Fsp3) is 0.500. The first-order valence-corrected chi connectivity index (χ1v) is 9.13. The average Bonchev–Trinajstić information content (AvgIpc) is 2.33. The van der Waals surface area contributed by atoms with E-state index in [0.717, 1.165) is 6.07 Å². The maximum Gasteiger partial charge on any atom is 0.241 e. The normalized spacial score (nSPS) is 15.0. The molecule has 0 heterocycles. The summed E-state index contributed by atoms with van der Waals surface area (Å²) in [4.78, 5) is -0.166. The minimum Gasteiger partial charge on any atom is -0.399 e. The summed E-state index contributed by atoms with van der Waals surface area (Å²) in [6, 6.07) is 2.30. The molecule has 0 radical (unpaired) electrons. The van der Waals surface area contributed by atoms with E-state index in [1.807, 2.05) is 0 Å². The Bertz CT molecular complexity index is 617. The molecule has 3 N–H and O–H groups in total. The summed E-state index contributed by atoms with van der Waals surface area (Å²) in [5.74, 6) is -0.659. The van der Waals surface area contributed by atoms with Crippen LogP contribution in [0.4, 0.5) is 10.1 Å². The number of nitrogen functional groups attached to an aromatic ring is 1. The molecule has 1 aromatic carbocycles. The highest BCUT2D eigenvalue weighted by molar-refractivity contribution is 7.89. The van der Waals surface area contributed by atoms with Crippen LogP contribution in [0, 0.1) is 12.7 Å². The molecule has 0 saturated carbocycles. The first kappa shape index (κ1) is 17.1. The number of rotatable bonds is 6. The van der Waals surface area contributed by atoms with E-state index >= 15 is 0 Å². The fourth-order valence-corrected chi connectivity index (χ4v) is 3.38. The van der Waals surface area contributed by atoms with Gasteiger partial charge in [0.25, 0.3) is 0 Å². The molecule has 5 nitrogen and oxygen atoms in total. The zero-order valence-electron chi connectivity index (χ0n) is 11.6. The Morgan fingerprint density at radius 3 is 2.60 bits per heavy atom. The summed E-state index contributed by atoms with van der Waals surface area (Å²) in [6.07, 6.45) is 2.00. The first-order chi connectivity index (χ1) is 9.15. The topological polar surface area (TPSA) is 89.3 Å². The zero-order chi connectivity index (χ0) is 15.5. The van der Waals surface area contributed by atoms with E-state index in [1.165, 1.54) is 13.0 Å². The molecule has 2 atom stereocenters. The second-order valence-corrected chi connectivity index (χ2v) is 8.16. The molecule has 0 saturated heterocycles. The third-order valence-corrected chi connectivity index (χ3v) is 5.97. The van der Waals surface area contributed by atoms with E-state index in [9.17, 15) is 17.0 Å². The molecule has 0 fully saturated rings. The van der Waals surface area contributed by atoms with Crippen LogP contribution in [0.1, 0.15) is 18.9 Å². The highest BCUT2D eigenvalue weighted by atomic mass is 32.2. The lowest BCUT2D eigenvalue weighted by atomic mass is 10.2. The molecular formula is C12H19FN2O3S2. The Balaban J connectivity index is 2.87. The van der Waals surface area contributed by atoms with Gasteiger partial charge in [-0.1, -0.05) is 6.92 Å². The molecule has 1 rings (SSSR count). The van der Waals surface area contributed by atoms with Crippen LogP contribution in [0.25, 0.3) is 0 Å². The smallest absolute Gasteiger partial charge is 0.241 e. The van der Waals surface area contributed by atoms with Gasteiger partial charge in [0.1, 0.15) is 5.82 Å². The van der Waals surface area contributed by atoms with E-state index in [0.29, 0.717) is 6.42 Å². The van der Waals surface area contributed by atoms with Crippen LogP contribution in [-0.4, -0.2) is 30.7 Å². The lowest BCUT2D eigenvalue weighted by molar-refractivity contribution is 0.572. The molecule has 0 aliphatic heterocycles. The van der Waals surface area contributed by atoms with Gasteiger partial charge in [-0.3, -0.25) is 4.21 Å². The zero-order valence-corrected chi connectivity index (χ0v) is 13.3. The largest absolute Gasteiger partial charge is 0.399 e. The van der Waals surface area contributed by atoms with Gasteiger partial charge in [0.2, 0.25) is 10.0 Å². The molecule has 2 unspecified atom stereocenters. The number of hydrogen-bond donors (Lipinski definition) is 2. The molecule has 1 aromatic rings. The number of halogens is 1. The lowest BCUT2D eigenvalue weighted by Crippen LogP contribution is -2.28. The van der Waals surface area contributed by atoms with Gasteiger partial charge >= 0.3 is 0 Å². The van der Waals surface area contributed by atoms with Gasteiger partial charge in [-0.2, -0.15) is 0 Å². The molecule has 0 aliphatic carbocycles. The third-order valence-electron chi connectivity index (χ3n) is 3.02. The number of nitrogens with one attached hydrogen (secondary N) is 1. The van der Waals surface area contributed by atoms with Crippen molar-refractivity contribution in [2.45, 2.75) is 30.4 Å². The maximum atomic E-state index is 13.5. The van der Waals surface area contributed by atoms with E-state index in [2.05, 4.69) is 4.72 Å². The molecule has 0 aliphatic rings. The van der Waals surface area contributed by atoms with Crippen molar-refractivity contribution in [3.8, 4) is 0 Å². The number of anilines is 1. The number of benzene rings is 1. The van der Waals surface area contributed by atoms with Crippen molar-refractivity contribution < 1.29 is 17.0 Å². The maximum absolute atomic E-state index is 13.5. The van der Waals surface area contributed by atoms with Gasteiger partial charge in [0.15, 0.2) is 0 Å². The highest BCUT2D eigenvalue weighted by Gasteiger charge is 2.20. The molecule has 0 spiro atoms. The fourth-order valence-electron chi connectivity index (χ4n) is 1.59. The van der Waals surface area contributed by atoms with Crippen LogP contribution < -0.4 is 10.5 Å². The molecule has 114 valence electrons. The Kier molecular flexibility index (Phi) is 5.67. The van der Waals surface area contributed by atoms with E-state index in [-0.39, 0.29) is 27.9 Å². The summed E-state index contributed by atoms with van der Waals surface area (Å²) in [5.41, 5.74) is 5.55. The summed E-state index contributed by atoms with van der Waals surface area (Å²) in [5, 5.41) is -0.114. The standard InChI is InChI=1S/C12H19FN2O3S2/c1-8(19(3)16)4-5-15-20(17,18)12-7-10(14)6-11(13)9(12)2/h6-8,15H,4-5,14H2,1-3H3. The number of nitrogens with two attached hydrogens (primary N) is 1. The Morgan fingerprint density at radius 2 is 2.05 bits per heavy atom. The van der Waals surface area contributed by atoms with Crippen LogP contribution in [0.5, 0.6) is 0 Å². The lowest BCUT2D eigenvalue weighted by Gasteiger charge is -2.12. The van der Waals surface area contributed by atoms with Gasteiger partial charge in [0.05, 0.1) is 4.90 Å². The predicted molar refractivity (Wildman–Crippen MR) is 78.9 cm³/mol. The first-order valence-electron chi connectivity index (χ1n) is 6.02. The molecule has 8 heteroatoms. The predicted octanol–water partition coefficient (Wildman–Crippen LogP) is 1.15. The number of sulfonamides is 1. The second-order valence-electron chi connectivity index (χ2n) is 4.62. The van der Waals surface area contributed by atoms with Crippen molar-refractivity contribution in [3.05, 3.63) is 23.5 Å². The van der Waals surface area contributed by atoms with Crippen LogP contribution >= 0.6 is 0 Å². The van der Waals surface area contributed by atoms with Gasteiger partial charge < -0.3 is 5.73 Å². The van der Waals surface area contributed by atoms with Crippen LogP contribution in [0.3, 0.4) is 0 Å². The minimum absolute atomic E-state index is 0.0267. The second kappa shape index (κ2) is 6.64. The molecule has 0 bridgehead atoms. The van der Waals surface area contributed by atoms with E-state index in [1.54, 1.807) is 13.2 Å². The van der Waals surface area contributed by atoms with Crippen molar-refractivity contribution in [2.75, 3.05) is 18.5 Å². The van der Waals surface area contributed by atoms with Crippen molar-refractivity contribution in [2.24, 2.45) is 0 Å². The minimum atomic E-state index is -3.83. The van der Waals surface area contributed by atoms with Crippen molar-refractivity contribution in [1.82, 2.24) is 4.72 Å².